The molecule has 4 rings (SSSR count). The molecule has 2 aromatic carbocycles. The Hall–Kier alpha value is -3.61. The summed E-state index contributed by atoms with van der Waals surface area (Å²) in [4.78, 5) is 27.6. The number of carbonyl (C=O) groups is 2. The van der Waals surface area contributed by atoms with Crippen LogP contribution in [-0.4, -0.2) is 74.4 Å². The first-order chi connectivity index (χ1) is 18.8. The van der Waals surface area contributed by atoms with Crippen LogP contribution in [0.5, 0.6) is 5.75 Å². The molecule has 11 nitrogen and oxygen atoms in total. The molecule has 1 saturated heterocycles. The van der Waals surface area contributed by atoms with Crippen molar-refractivity contribution >= 4 is 38.5 Å². The van der Waals surface area contributed by atoms with Gasteiger partial charge in [0.2, 0.25) is 10.0 Å². The topological polar surface area (TPSA) is 156 Å². The zero-order chi connectivity index (χ0) is 29.4. The predicted molar refractivity (Wildman–Crippen MR) is 156 cm³/mol. The molecule has 12 heteroatoms. The number of nitrogens with zero attached hydrogens (tertiary/aromatic N) is 2. The molecule has 40 heavy (non-hydrogen) atoms. The number of rotatable bonds is 10. The Balaban J connectivity index is 2.15. The first-order valence-corrected chi connectivity index (χ1v) is 15.0. The smallest absolute Gasteiger partial charge is 0.353 e. The lowest BCUT2D eigenvalue weighted by Crippen LogP contribution is -2.42. The van der Waals surface area contributed by atoms with E-state index in [1.54, 1.807) is 17.7 Å². The number of hydrogen-bond acceptors (Lipinski definition) is 7. The van der Waals surface area contributed by atoms with E-state index >= 15 is 0 Å². The Morgan fingerprint density at radius 2 is 1.85 bits per heavy atom. The number of carboxylic acids is 1. The number of ether oxygens (including phenoxy) is 1. The predicted octanol–water partition coefficient (Wildman–Crippen LogP) is 2.63. The minimum atomic E-state index is -3.88. The van der Waals surface area contributed by atoms with Gasteiger partial charge in [-0.2, -0.15) is 0 Å². The van der Waals surface area contributed by atoms with Gasteiger partial charge in [-0.15, -0.1) is 0 Å². The lowest BCUT2D eigenvalue weighted by Gasteiger charge is -2.27. The fraction of sp³-hybridized carbons (Fsp3) is 0.429. The van der Waals surface area contributed by atoms with Crippen molar-refractivity contribution in [2.75, 3.05) is 44.3 Å². The van der Waals surface area contributed by atoms with Gasteiger partial charge >= 0.3 is 5.97 Å². The van der Waals surface area contributed by atoms with Gasteiger partial charge in [0.15, 0.2) is 5.75 Å². The van der Waals surface area contributed by atoms with Crippen LogP contribution in [0, 0.1) is 5.92 Å². The molecular formula is C28H37N5O6S. The van der Waals surface area contributed by atoms with Crippen LogP contribution in [0.3, 0.4) is 0 Å². The average Bonchev–Trinajstić information content (AvgIpc) is 3.16. The van der Waals surface area contributed by atoms with Gasteiger partial charge in [0.25, 0.3) is 5.91 Å². The summed E-state index contributed by atoms with van der Waals surface area (Å²) in [7, 11) is -0.865. The number of amides is 1. The van der Waals surface area contributed by atoms with Gasteiger partial charge in [-0.25, -0.2) is 13.2 Å². The van der Waals surface area contributed by atoms with Crippen molar-refractivity contribution in [3.63, 3.8) is 0 Å². The molecule has 2 heterocycles. The number of piperazine rings is 1. The van der Waals surface area contributed by atoms with Crippen LogP contribution in [0.2, 0.25) is 0 Å². The van der Waals surface area contributed by atoms with Crippen molar-refractivity contribution in [2.45, 2.75) is 26.8 Å². The molecule has 0 aliphatic carbocycles. The van der Waals surface area contributed by atoms with E-state index in [4.69, 9.17) is 10.5 Å². The van der Waals surface area contributed by atoms with Crippen LogP contribution in [-0.2, 0) is 30.0 Å². The first kappa shape index (κ1) is 29.4. The number of nitrogens with two attached hydrogens (primary N) is 1. The minimum Gasteiger partial charge on any atom is -0.494 e. The SMILES string of the molecule is COc1c(C(N)=O)cc(CC(C)C)c(-c2c(C(=O)O)n(C)c3c(CN4CCNCC4)cccc23)c1NS(C)(=O)=O. The third kappa shape index (κ3) is 5.79. The highest BCUT2D eigenvalue weighted by atomic mass is 32.2. The van der Waals surface area contributed by atoms with E-state index in [2.05, 4.69) is 14.9 Å². The summed E-state index contributed by atoms with van der Waals surface area (Å²) in [5.74, 6) is -1.93. The summed E-state index contributed by atoms with van der Waals surface area (Å²) in [6.45, 7) is 8.08. The molecular weight excluding hydrogens is 534 g/mol. The van der Waals surface area contributed by atoms with Gasteiger partial charge < -0.3 is 25.5 Å². The maximum absolute atomic E-state index is 12.9. The Morgan fingerprint density at radius 1 is 1.18 bits per heavy atom. The van der Waals surface area contributed by atoms with Crippen LogP contribution >= 0.6 is 0 Å². The Bertz CT molecular complexity index is 1570. The number of methoxy groups -OCH3 is 1. The molecule has 0 unspecified atom stereocenters. The van der Waals surface area contributed by atoms with Crippen LogP contribution in [0.15, 0.2) is 24.3 Å². The number of anilines is 1. The van der Waals surface area contributed by atoms with Gasteiger partial charge in [0.05, 0.1) is 30.1 Å². The fourth-order valence-corrected chi connectivity index (χ4v) is 6.19. The van der Waals surface area contributed by atoms with E-state index in [9.17, 15) is 23.1 Å². The minimum absolute atomic E-state index is 0.00167. The number of nitrogens with one attached hydrogen (secondary N) is 2. The second-order valence-corrected chi connectivity index (χ2v) is 12.4. The number of fused-ring (bicyclic) bond motifs is 1. The van der Waals surface area contributed by atoms with E-state index in [1.165, 1.54) is 7.11 Å². The molecule has 5 N–H and O–H groups in total. The third-order valence-corrected chi connectivity index (χ3v) is 7.67. The lowest BCUT2D eigenvalue weighted by atomic mass is 9.88. The molecule has 0 atom stereocenters. The first-order valence-electron chi connectivity index (χ1n) is 13.1. The van der Waals surface area contributed by atoms with Gasteiger partial charge in [-0.05, 0) is 29.5 Å². The zero-order valence-electron chi connectivity index (χ0n) is 23.5. The number of benzene rings is 2. The largest absolute Gasteiger partial charge is 0.494 e. The number of sulfonamides is 1. The molecule has 1 aromatic heterocycles. The molecule has 3 aromatic rings. The standard InChI is InChI=1S/C28H37N5O6S/c1-16(2)13-18-14-20(27(29)34)26(39-4)23(31-40(5,37)38)21(18)22-19-8-6-7-17(15-33-11-9-30-10-12-33)24(19)32(3)25(22)28(35)36/h6-8,14,16,30-31H,9-13,15H2,1-5H3,(H2,29,34)(H,35,36). The fourth-order valence-electron chi connectivity index (χ4n) is 5.62. The highest BCUT2D eigenvalue weighted by Crippen LogP contribution is 2.47. The van der Waals surface area contributed by atoms with Crippen molar-refractivity contribution in [1.29, 1.82) is 0 Å². The lowest BCUT2D eigenvalue weighted by molar-refractivity contribution is 0.0687. The van der Waals surface area contributed by atoms with Crippen molar-refractivity contribution in [1.82, 2.24) is 14.8 Å². The second-order valence-electron chi connectivity index (χ2n) is 10.6. The number of para-hydroxylation sites is 1. The second kappa shape index (κ2) is 11.5. The molecule has 0 spiro atoms. The van der Waals surface area contributed by atoms with Crippen LogP contribution in [0.4, 0.5) is 5.69 Å². The van der Waals surface area contributed by atoms with Crippen LogP contribution < -0.4 is 20.5 Å². The molecule has 1 amide bonds. The Kier molecular flexibility index (Phi) is 8.43. The van der Waals surface area contributed by atoms with Crippen LogP contribution in [0.25, 0.3) is 22.0 Å². The Morgan fingerprint density at radius 3 is 2.40 bits per heavy atom. The highest BCUT2D eigenvalue weighted by molar-refractivity contribution is 7.92. The monoisotopic (exact) mass is 571 g/mol. The van der Waals surface area contributed by atoms with Crippen molar-refractivity contribution in [3.8, 4) is 16.9 Å². The van der Waals surface area contributed by atoms with E-state index in [1.807, 2.05) is 32.0 Å². The summed E-state index contributed by atoms with van der Waals surface area (Å²) < 4.78 is 35.0. The number of aromatic carboxylic acids is 1. The quantitative estimate of drug-likeness (QED) is 0.289. The number of aromatic nitrogens is 1. The average molecular weight is 572 g/mol. The van der Waals surface area contributed by atoms with E-state index < -0.39 is 21.9 Å². The molecule has 1 fully saturated rings. The third-order valence-electron chi connectivity index (χ3n) is 7.10. The summed E-state index contributed by atoms with van der Waals surface area (Å²) in [5.41, 5.74) is 8.66. The van der Waals surface area contributed by atoms with E-state index in [0.29, 0.717) is 35.0 Å². The zero-order valence-corrected chi connectivity index (χ0v) is 24.3. The van der Waals surface area contributed by atoms with Gasteiger partial charge in [0, 0.05) is 56.3 Å². The normalized spacial score (nSPS) is 14.6. The molecule has 1 aliphatic rings. The summed E-state index contributed by atoms with van der Waals surface area (Å²) in [5, 5.41) is 14.5. The molecule has 1 aliphatic heterocycles. The number of hydrogen-bond donors (Lipinski definition) is 4. The van der Waals surface area contributed by atoms with Crippen molar-refractivity contribution in [3.05, 3.63) is 46.6 Å². The summed E-state index contributed by atoms with van der Waals surface area (Å²) in [6.07, 6.45) is 1.41. The van der Waals surface area contributed by atoms with Crippen molar-refractivity contribution < 1.29 is 27.9 Å². The summed E-state index contributed by atoms with van der Waals surface area (Å²) in [6, 6.07) is 7.30. The maximum Gasteiger partial charge on any atom is 0.353 e. The number of carbonyl (C=O) groups excluding carboxylic acids is 1. The molecule has 0 bridgehead atoms. The maximum atomic E-state index is 12.9. The van der Waals surface area contributed by atoms with Gasteiger partial charge in [0.1, 0.15) is 5.69 Å². The highest BCUT2D eigenvalue weighted by Gasteiger charge is 2.31. The molecule has 0 radical (unpaired) electrons. The number of aryl methyl sites for hydroxylation is 1. The van der Waals surface area contributed by atoms with Crippen LogP contribution in [0.1, 0.15) is 45.8 Å². The number of primary amides is 1. The molecule has 216 valence electrons. The van der Waals surface area contributed by atoms with Crippen molar-refractivity contribution in [2.24, 2.45) is 18.7 Å². The van der Waals surface area contributed by atoms with E-state index in [0.717, 1.165) is 43.5 Å². The van der Waals surface area contributed by atoms with Gasteiger partial charge in [-0.3, -0.25) is 14.4 Å². The summed E-state index contributed by atoms with van der Waals surface area (Å²) >= 11 is 0. The van der Waals surface area contributed by atoms with Gasteiger partial charge in [-0.1, -0.05) is 32.0 Å². The molecule has 0 saturated carbocycles. The van der Waals surface area contributed by atoms with E-state index in [-0.39, 0.29) is 28.6 Å². The Labute approximate surface area is 234 Å². The number of carboxylic acid groups (broad SMARTS) is 1.